The summed E-state index contributed by atoms with van der Waals surface area (Å²) in [5.41, 5.74) is 6.11. The summed E-state index contributed by atoms with van der Waals surface area (Å²) in [6.45, 7) is 1.61. The molecule has 8 heteroatoms. The number of Topliss-reactive ketones (excluding diaryl/α,β-unsaturated/α-hetero) is 1. The largest absolute Gasteiger partial charge is 0.437 e. The Morgan fingerprint density at radius 1 is 0.816 bits per heavy atom. The highest BCUT2D eigenvalue weighted by Gasteiger charge is 2.31. The molecular formula is C30H38N3O4P. The number of benzene rings is 3. The topological polar surface area (TPSA) is 115 Å². The molecule has 0 aliphatic rings. The molecule has 0 aliphatic carbocycles. The zero-order chi connectivity index (χ0) is 27.6. The molecule has 3 aromatic carbocycles. The molecule has 1 atom stereocenters. The number of hydrogen-bond acceptors (Lipinski definition) is 6. The molecule has 3 aromatic rings. The molecule has 38 heavy (non-hydrogen) atoms. The number of amides is 1. The number of nitrogens with two attached hydrogens (primary N) is 1. The Morgan fingerprint density at radius 3 is 1.79 bits per heavy atom. The van der Waals surface area contributed by atoms with E-state index in [4.69, 9.17) is 14.5 Å². The van der Waals surface area contributed by atoms with Crippen molar-refractivity contribution in [3.05, 3.63) is 96.1 Å². The van der Waals surface area contributed by atoms with Crippen LogP contribution in [0.5, 0.6) is 11.5 Å². The number of carbonyl (C=O) groups is 2. The first kappa shape index (κ1) is 30.7. The van der Waals surface area contributed by atoms with Crippen LogP contribution < -0.4 is 20.1 Å². The highest BCUT2D eigenvalue weighted by molar-refractivity contribution is 7.48. The lowest BCUT2D eigenvalue weighted by atomic mass is 10.1. The molecule has 202 valence electrons. The second kappa shape index (κ2) is 17.8. The van der Waals surface area contributed by atoms with E-state index < -0.39 is 14.2 Å². The molecule has 0 aliphatic heterocycles. The smallest absolute Gasteiger partial charge is 0.319 e. The van der Waals surface area contributed by atoms with E-state index in [-0.39, 0.29) is 11.7 Å². The van der Waals surface area contributed by atoms with Crippen LogP contribution in [0.1, 0.15) is 62.4 Å². The Bertz CT molecular complexity index is 1050. The van der Waals surface area contributed by atoms with Gasteiger partial charge in [0.2, 0.25) is 5.91 Å². The van der Waals surface area contributed by atoms with Crippen LogP contribution in [0.4, 0.5) is 0 Å². The van der Waals surface area contributed by atoms with Crippen LogP contribution >= 0.6 is 8.38 Å². The molecular weight excluding hydrogens is 497 g/mol. The lowest BCUT2D eigenvalue weighted by Gasteiger charge is -2.28. The summed E-state index contributed by atoms with van der Waals surface area (Å²) >= 11 is 0. The van der Waals surface area contributed by atoms with Crippen LogP contribution in [0, 0.1) is 5.41 Å². The molecule has 1 unspecified atom stereocenters. The van der Waals surface area contributed by atoms with Crippen LogP contribution in [-0.2, 0) is 9.59 Å². The molecule has 0 aromatic heterocycles. The highest BCUT2D eigenvalue weighted by atomic mass is 31.2. The second-order valence-corrected chi connectivity index (χ2v) is 9.94. The van der Waals surface area contributed by atoms with E-state index in [2.05, 4.69) is 11.1 Å². The van der Waals surface area contributed by atoms with Crippen molar-refractivity contribution in [1.82, 2.24) is 5.32 Å². The maximum atomic E-state index is 13.0. The van der Waals surface area contributed by atoms with Crippen molar-refractivity contribution in [1.29, 1.82) is 5.41 Å². The minimum atomic E-state index is -1.66. The maximum Gasteiger partial charge on any atom is 0.319 e. The summed E-state index contributed by atoms with van der Waals surface area (Å²) in [5.74, 6) is 0.907. The van der Waals surface area contributed by atoms with Crippen LogP contribution in [0.3, 0.4) is 0 Å². The van der Waals surface area contributed by atoms with Crippen LogP contribution in [0.25, 0.3) is 0 Å². The third kappa shape index (κ3) is 11.2. The fraction of sp³-hybridized carbons (Fsp3) is 0.300. The first-order valence-electron chi connectivity index (χ1n) is 12.8. The molecule has 0 saturated carbocycles. The average molecular weight is 536 g/mol. The van der Waals surface area contributed by atoms with Crippen LogP contribution in [0.15, 0.2) is 84.9 Å². The Morgan fingerprint density at radius 2 is 1.32 bits per heavy atom. The first-order chi connectivity index (χ1) is 18.5. The predicted octanol–water partition coefficient (Wildman–Crippen LogP) is 6.77. The summed E-state index contributed by atoms with van der Waals surface area (Å²) < 4.78 is 12.6. The molecule has 7 nitrogen and oxygen atoms in total. The molecule has 0 saturated heterocycles. The third-order valence-corrected chi connectivity index (χ3v) is 7.12. The predicted molar refractivity (Wildman–Crippen MR) is 155 cm³/mol. The minimum absolute atomic E-state index is 0.0801. The standard InChI is InChI=1S/C29H33N2O4P.CH5N/c1-23(32)12-6-2-3-11-17-28(33)31-29(25-20-18-24(22-30)19-21-25)36(34-26-13-7-4-8-14-26)35-27-15-9-5-10-16-27;1-2/h4-5,7-10,13-16,18-22,29-30H,2-3,6,11-12,17H2,1H3,(H,31,33);2H2,1H3. The summed E-state index contributed by atoms with van der Waals surface area (Å²) in [5, 5.41) is 10.7. The third-order valence-electron chi connectivity index (χ3n) is 5.49. The molecule has 3 rings (SSSR count). The lowest BCUT2D eigenvalue weighted by Crippen LogP contribution is -2.29. The fourth-order valence-electron chi connectivity index (χ4n) is 3.56. The van der Waals surface area contributed by atoms with Gasteiger partial charge in [-0.2, -0.15) is 0 Å². The number of hydrogen-bond donors (Lipinski definition) is 3. The van der Waals surface area contributed by atoms with Gasteiger partial charge in [0, 0.05) is 19.1 Å². The summed E-state index contributed by atoms with van der Waals surface area (Å²) in [7, 11) is -0.158. The normalized spacial score (nSPS) is 11.1. The highest BCUT2D eigenvalue weighted by Crippen LogP contribution is 2.51. The van der Waals surface area contributed by atoms with E-state index in [0.29, 0.717) is 24.3 Å². The monoisotopic (exact) mass is 535 g/mol. The van der Waals surface area contributed by atoms with Gasteiger partial charge in [0.1, 0.15) is 23.1 Å². The number of para-hydroxylation sites is 2. The molecule has 4 N–H and O–H groups in total. The summed E-state index contributed by atoms with van der Waals surface area (Å²) in [4.78, 5) is 24.1. The summed E-state index contributed by atoms with van der Waals surface area (Å²) in [6.07, 6.45) is 5.71. The van der Waals surface area contributed by atoms with E-state index in [1.54, 1.807) is 6.92 Å². The summed E-state index contributed by atoms with van der Waals surface area (Å²) in [6, 6.07) is 26.3. The van der Waals surface area contributed by atoms with E-state index in [1.165, 1.54) is 13.3 Å². The number of carbonyl (C=O) groups excluding carboxylic acids is 2. The molecule has 1 amide bonds. The molecule has 0 fully saturated rings. The van der Waals surface area contributed by atoms with Crippen LogP contribution in [-0.4, -0.2) is 25.0 Å². The zero-order valence-electron chi connectivity index (χ0n) is 22.1. The van der Waals surface area contributed by atoms with Gasteiger partial charge in [-0.25, -0.2) is 0 Å². The SMILES string of the molecule is CC(=O)CCCCCCC(=O)NC(c1ccc(C=N)cc1)P(Oc1ccccc1)Oc1ccccc1.CN. The number of ketones is 1. The van der Waals surface area contributed by atoms with Gasteiger partial charge in [-0.1, -0.05) is 73.5 Å². The number of unbranched alkanes of at least 4 members (excludes halogenated alkanes) is 3. The van der Waals surface area contributed by atoms with Gasteiger partial charge in [0.25, 0.3) is 0 Å². The van der Waals surface area contributed by atoms with Crippen LogP contribution in [0.2, 0.25) is 0 Å². The van der Waals surface area contributed by atoms with Gasteiger partial charge >= 0.3 is 8.38 Å². The van der Waals surface area contributed by atoms with Crippen molar-refractivity contribution in [3.8, 4) is 11.5 Å². The average Bonchev–Trinajstić information content (AvgIpc) is 2.95. The van der Waals surface area contributed by atoms with E-state index in [1.807, 2.05) is 84.9 Å². The first-order valence-corrected chi connectivity index (χ1v) is 14.0. The zero-order valence-corrected chi connectivity index (χ0v) is 23.0. The van der Waals surface area contributed by atoms with Crippen molar-refractivity contribution >= 4 is 26.3 Å². The molecule has 0 radical (unpaired) electrons. The van der Waals surface area contributed by atoms with E-state index in [9.17, 15) is 9.59 Å². The van der Waals surface area contributed by atoms with Crippen molar-refractivity contribution in [2.75, 3.05) is 7.05 Å². The fourth-order valence-corrected chi connectivity index (χ4v) is 5.14. The van der Waals surface area contributed by atoms with Crippen molar-refractivity contribution in [3.63, 3.8) is 0 Å². The lowest BCUT2D eigenvalue weighted by molar-refractivity contribution is -0.121. The molecule has 0 spiro atoms. The van der Waals surface area contributed by atoms with Gasteiger partial charge in [0.05, 0.1) is 0 Å². The van der Waals surface area contributed by atoms with Gasteiger partial charge in [-0.15, -0.1) is 0 Å². The Hall–Kier alpha value is -3.54. The second-order valence-electron chi connectivity index (χ2n) is 8.49. The molecule has 0 heterocycles. The van der Waals surface area contributed by atoms with Crippen molar-refractivity contribution < 1.29 is 18.6 Å². The minimum Gasteiger partial charge on any atom is -0.437 e. The Kier molecular flexibility index (Phi) is 14.4. The van der Waals surface area contributed by atoms with Gasteiger partial charge < -0.3 is 30.3 Å². The Labute approximate surface area is 227 Å². The Balaban J connectivity index is 0.00000247. The molecule has 0 bridgehead atoms. The van der Waals surface area contributed by atoms with E-state index in [0.717, 1.165) is 36.8 Å². The van der Waals surface area contributed by atoms with Gasteiger partial charge in [-0.05, 0) is 62.2 Å². The van der Waals surface area contributed by atoms with E-state index >= 15 is 0 Å². The van der Waals surface area contributed by atoms with Crippen molar-refractivity contribution in [2.45, 2.75) is 51.2 Å². The van der Waals surface area contributed by atoms with Crippen molar-refractivity contribution in [2.24, 2.45) is 5.73 Å². The van der Waals surface area contributed by atoms with Gasteiger partial charge in [-0.3, -0.25) is 4.79 Å². The number of rotatable bonds is 15. The quantitative estimate of drug-likeness (QED) is 0.113. The number of nitrogens with one attached hydrogen (secondary N) is 2. The maximum absolute atomic E-state index is 13.0. The van der Waals surface area contributed by atoms with Gasteiger partial charge in [0.15, 0.2) is 0 Å².